The van der Waals surface area contributed by atoms with Gasteiger partial charge in [-0.05, 0) is 12.1 Å². The van der Waals surface area contributed by atoms with Crippen molar-refractivity contribution in [3.8, 4) is 0 Å². The van der Waals surface area contributed by atoms with Crippen molar-refractivity contribution < 1.29 is 0 Å². The minimum atomic E-state index is 0.152. The van der Waals surface area contributed by atoms with Gasteiger partial charge in [0.15, 0.2) is 0 Å². The molecule has 0 saturated carbocycles. The van der Waals surface area contributed by atoms with E-state index in [0.717, 1.165) is 11.4 Å². The normalized spacial score (nSPS) is 15.5. The molecule has 1 aliphatic heterocycles. The quantitative estimate of drug-likeness (QED) is 0.718. The summed E-state index contributed by atoms with van der Waals surface area (Å²) in [7, 11) is 0. The number of thioether (sulfide) groups is 2. The van der Waals surface area contributed by atoms with E-state index in [1.165, 1.54) is 9.93 Å². The van der Waals surface area contributed by atoms with Crippen LogP contribution >= 0.6 is 23.5 Å². The molecule has 1 aromatic rings. The Morgan fingerprint density at radius 2 is 1.52 bits per heavy atom. The standard InChI is InChI=1S/C17H24N2S2/c1-16(2,3)20-14-11-18-12-9-7-8-10-13(12)19-15(14)21-17(4,5)6/h7-11,19H,1-6H3. The first kappa shape index (κ1) is 16.5. The summed E-state index contributed by atoms with van der Waals surface area (Å²) in [5.41, 5.74) is 2.07. The molecule has 0 atom stereocenters. The van der Waals surface area contributed by atoms with Crippen LogP contribution in [0.5, 0.6) is 0 Å². The van der Waals surface area contributed by atoms with Crippen LogP contribution in [-0.2, 0) is 0 Å². The summed E-state index contributed by atoms with van der Waals surface area (Å²) in [6.45, 7) is 13.4. The smallest absolute Gasteiger partial charge is 0.0885 e. The number of nitrogens with zero attached hydrogens (tertiary/aromatic N) is 1. The van der Waals surface area contributed by atoms with E-state index in [-0.39, 0.29) is 9.49 Å². The molecule has 1 N–H and O–H groups in total. The second-order valence-corrected chi connectivity index (χ2v) is 10.7. The first-order valence-corrected chi connectivity index (χ1v) is 8.80. The van der Waals surface area contributed by atoms with Gasteiger partial charge >= 0.3 is 0 Å². The maximum absolute atomic E-state index is 4.65. The fourth-order valence-corrected chi connectivity index (χ4v) is 3.93. The minimum Gasteiger partial charge on any atom is -0.347 e. The van der Waals surface area contributed by atoms with Gasteiger partial charge < -0.3 is 5.32 Å². The molecule has 0 aliphatic carbocycles. The number of aliphatic imine (C=N–C) groups is 1. The Kier molecular flexibility index (Phi) is 4.79. The second-order valence-electron chi connectivity index (χ2n) is 7.02. The van der Waals surface area contributed by atoms with Gasteiger partial charge in [-0.25, -0.2) is 0 Å². The highest BCUT2D eigenvalue weighted by Crippen LogP contribution is 2.42. The molecule has 1 heterocycles. The Morgan fingerprint density at radius 1 is 0.905 bits per heavy atom. The number of nitrogens with one attached hydrogen (secondary N) is 1. The zero-order valence-electron chi connectivity index (χ0n) is 13.7. The van der Waals surface area contributed by atoms with Crippen LogP contribution in [-0.4, -0.2) is 15.7 Å². The predicted molar refractivity (Wildman–Crippen MR) is 99.9 cm³/mol. The Morgan fingerprint density at radius 3 is 2.14 bits per heavy atom. The van der Waals surface area contributed by atoms with Crippen LogP contribution in [0, 0.1) is 0 Å². The highest BCUT2D eigenvalue weighted by atomic mass is 32.2. The molecule has 114 valence electrons. The second kappa shape index (κ2) is 6.09. The monoisotopic (exact) mass is 320 g/mol. The number of benzene rings is 1. The lowest BCUT2D eigenvalue weighted by Crippen LogP contribution is -2.14. The number of rotatable bonds is 2. The van der Waals surface area contributed by atoms with Crippen LogP contribution in [0.2, 0.25) is 0 Å². The molecule has 4 heteroatoms. The van der Waals surface area contributed by atoms with E-state index < -0.39 is 0 Å². The van der Waals surface area contributed by atoms with Crippen LogP contribution in [0.4, 0.5) is 11.4 Å². The van der Waals surface area contributed by atoms with Gasteiger partial charge in [-0.2, -0.15) is 0 Å². The summed E-state index contributed by atoms with van der Waals surface area (Å²) in [6.07, 6.45) is 2.00. The summed E-state index contributed by atoms with van der Waals surface area (Å²) in [5.74, 6) is 0. The van der Waals surface area contributed by atoms with Crippen molar-refractivity contribution >= 4 is 41.1 Å². The lowest BCUT2D eigenvalue weighted by Gasteiger charge is -2.24. The van der Waals surface area contributed by atoms with E-state index in [1.54, 1.807) is 0 Å². The van der Waals surface area contributed by atoms with E-state index in [2.05, 4.69) is 57.9 Å². The first-order valence-electron chi connectivity index (χ1n) is 7.16. The molecule has 0 amide bonds. The van der Waals surface area contributed by atoms with Gasteiger partial charge in [-0.1, -0.05) is 53.7 Å². The molecule has 0 radical (unpaired) electrons. The van der Waals surface area contributed by atoms with Crippen molar-refractivity contribution in [2.75, 3.05) is 5.32 Å². The minimum absolute atomic E-state index is 0.152. The van der Waals surface area contributed by atoms with Crippen LogP contribution < -0.4 is 5.32 Å². The summed E-state index contributed by atoms with van der Waals surface area (Å²) < 4.78 is 0.308. The highest BCUT2D eigenvalue weighted by Gasteiger charge is 2.23. The molecule has 0 bridgehead atoms. The van der Waals surface area contributed by atoms with E-state index in [1.807, 2.05) is 47.9 Å². The van der Waals surface area contributed by atoms with Gasteiger partial charge in [0.2, 0.25) is 0 Å². The highest BCUT2D eigenvalue weighted by molar-refractivity contribution is 8.08. The number of anilines is 1. The first-order chi connectivity index (χ1) is 9.64. The molecule has 2 rings (SSSR count). The molecule has 2 nitrogen and oxygen atoms in total. The Hall–Kier alpha value is -0.870. The number of hydrogen-bond acceptors (Lipinski definition) is 4. The van der Waals surface area contributed by atoms with E-state index in [9.17, 15) is 0 Å². The number of para-hydroxylation sites is 2. The van der Waals surface area contributed by atoms with Crippen molar-refractivity contribution in [3.63, 3.8) is 0 Å². The van der Waals surface area contributed by atoms with Crippen molar-refractivity contribution in [2.45, 2.75) is 51.0 Å². The lowest BCUT2D eigenvalue weighted by atomic mass is 10.3. The summed E-state index contributed by atoms with van der Waals surface area (Å²) in [6, 6.07) is 8.20. The number of hydrogen-bond donors (Lipinski definition) is 1. The molecule has 1 aromatic carbocycles. The van der Waals surface area contributed by atoms with E-state index >= 15 is 0 Å². The third kappa shape index (κ3) is 5.11. The Bertz CT molecular complexity index is 575. The van der Waals surface area contributed by atoms with Gasteiger partial charge in [-0.15, -0.1) is 23.5 Å². The molecule has 0 saturated heterocycles. The predicted octanol–water partition coefficient (Wildman–Crippen LogP) is 6.05. The molecule has 0 unspecified atom stereocenters. The van der Waals surface area contributed by atoms with Gasteiger partial charge in [0.05, 0.1) is 21.3 Å². The van der Waals surface area contributed by atoms with Crippen LogP contribution in [0.1, 0.15) is 41.5 Å². The topological polar surface area (TPSA) is 24.4 Å². The van der Waals surface area contributed by atoms with Crippen LogP contribution in [0.25, 0.3) is 0 Å². The zero-order valence-corrected chi connectivity index (χ0v) is 15.3. The molecule has 21 heavy (non-hydrogen) atoms. The maximum atomic E-state index is 4.65. The fraction of sp³-hybridized carbons (Fsp3) is 0.471. The van der Waals surface area contributed by atoms with Crippen molar-refractivity contribution in [3.05, 3.63) is 34.2 Å². The largest absolute Gasteiger partial charge is 0.347 e. The van der Waals surface area contributed by atoms with Gasteiger partial charge in [0.25, 0.3) is 0 Å². The number of allylic oxidation sites excluding steroid dienone is 1. The third-order valence-electron chi connectivity index (χ3n) is 2.52. The SMILES string of the molecule is CC(C)(C)SC1=C(SC(C)(C)C)Nc2ccccc2N=C1. The van der Waals surface area contributed by atoms with Crippen molar-refractivity contribution in [1.29, 1.82) is 0 Å². The summed E-state index contributed by atoms with van der Waals surface area (Å²) in [4.78, 5) is 5.86. The molecular formula is C17H24N2S2. The molecule has 0 spiro atoms. The average molecular weight is 321 g/mol. The Balaban J connectivity index is 2.41. The summed E-state index contributed by atoms with van der Waals surface area (Å²) >= 11 is 3.72. The fourth-order valence-electron chi connectivity index (χ4n) is 1.85. The molecule has 1 aliphatic rings. The average Bonchev–Trinajstić information content (AvgIpc) is 2.46. The Labute approximate surface area is 136 Å². The van der Waals surface area contributed by atoms with Gasteiger partial charge in [-0.3, -0.25) is 4.99 Å². The summed E-state index contributed by atoms with van der Waals surface area (Å²) in [5, 5.41) is 4.78. The van der Waals surface area contributed by atoms with E-state index in [0.29, 0.717) is 0 Å². The van der Waals surface area contributed by atoms with Gasteiger partial charge in [0, 0.05) is 15.7 Å². The van der Waals surface area contributed by atoms with Crippen LogP contribution in [0.3, 0.4) is 0 Å². The van der Waals surface area contributed by atoms with Crippen LogP contribution in [0.15, 0.2) is 39.2 Å². The number of fused-ring (bicyclic) bond motifs is 1. The molecule has 0 aromatic heterocycles. The molecular weight excluding hydrogens is 296 g/mol. The zero-order chi connectivity index (χ0) is 15.7. The molecule has 0 fully saturated rings. The lowest BCUT2D eigenvalue weighted by molar-refractivity contribution is 0.804. The van der Waals surface area contributed by atoms with Gasteiger partial charge in [0.1, 0.15) is 0 Å². The third-order valence-corrected chi connectivity index (χ3v) is 4.93. The maximum Gasteiger partial charge on any atom is 0.0885 e. The van der Waals surface area contributed by atoms with E-state index in [4.69, 9.17) is 0 Å². The van der Waals surface area contributed by atoms with Crippen molar-refractivity contribution in [2.24, 2.45) is 4.99 Å². The van der Waals surface area contributed by atoms with Crippen molar-refractivity contribution in [1.82, 2.24) is 0 Å².